The van der Waals surface area contributed by atoms with Crippen molar-refractivity contribution in [2.75, 3.05) is 12.3 Å². The number of amides is 1. The van der Waals surface area contributed by atoms with Crippen LogP contribution in [0.5, 0.6) is 0 Å². The molecule has 1 amide bonds. The number of anilines is 1. The number of nitrogens with one attached hydrogen (secondary N) is 1. The van der Waals surface area contributed by atoms with Crippen LogP contribution in [0.15, 0.2) is 48.5 Å². The normalized spacial score (nSPS) is 10.1. The minimum absolute atomic E-state index is 0.0179. The van der Waals surface area contributed by atoms with E-state index in [-0.39, 0.29) is 17.3 Å². The Balaban J connectivity index is 1.94. The van der Waals surface area contributed by atoms with Crippen molar-refractivity contribution in [1.82, 2.24) is 5.32 Å². The minimum Gasteiger partial charge on any atom is -0.393 e. The van der Waals surface area contributed by atoms with Crippen LogP contribution >= 0.6 is 0 Å². The third kappa shape index (κ3) is 3.79. The van der Waals surface area contributed by atoms with Crippen molar-refractivity contribution in [3.63, 3.8) is 0 Å². The number of hydrogen-bond acceptors (Lipinski definition) is 4. The van der Waals surface area contributed by atoms with Gasteiger partial charge in [-0.25, -0.2) is 0 Å². The topological polar surface area (TPSA) is 98.3 Å². The standard InChI is InChI=1S/C15H15N3O3/c16-13-10-12(6-7-14(13)18(20)21)15(19)17-9-8-11-4-2-1-3-5-11/h1-7,10H,8-9,16H2,(H,17,19). The third-order valence-electron chi connectivity index (χ3n) is 3.03. The molecule has 0 bridgehead atoms. The molecule has 0 aromatic heterocycles. The number of nitrogens with two attached hydrogens (primary N) is 1. The molecule has 0 aliphatic rings. The number of carbonyl (C=O) groups excluding carboxylic acids is 1. The Bertz CT molecular complexity index is 656. The first-order valence-electron chi connectivity index (χ1n) is 6.44. The molecule has 3 N–H and O–H groups in total. The molecule has 0 atom stereocenters. The van der Waals surface area contributed by atoms with Gasteiger partial charge in [0.25, 0.3) is 11.6 Å². The molecule has 0 aliphatic carbocycles. The molecular weight excluding hydrogens is 270 g/mol. The largest absolute Gasteiger partial charge is 0.393 e. The summed E-state index contributed by atoms with van der Waals surface area (Å²) < 4.78 is 0. The predicted molar refractivity (Wildman–Crippen MR) is 80.0 cm³/mol. The fourth-order valence-electron chi connectivity index (χ4n) is 1.93. The van der Waals surface area contributed by atoms with Crippen molar-refractivity contribution in [3.8, 4) is 0 Å². The van der Waals surface area contributed by atoms with Crippen molar-refractivity contribution in [3.05, 3.63) is 69.8 Å². The van der Waals surface area contributed by atoms with Crippen molar-refractivity contribution in [2.24, 2.45) is 0 Å². The summed E-state index contributed by atoms with van der Waals surface area (Å²) in [6.07, 6.45) is 0.717. The lowest BCUT2D eigenvalue weighted by molar-refractivity contribution is -0.383. The summed E-state index contributed by atoms with van der Waals surface area (Å²) in [4.78, 5) is 22.0. The van der Waals surface area contributed by atoms with E-state index >= 15 is 0 Å². The fourth-order valence-corrected chi connectivity index (χ4v) is 1.93. The summed E-state index contributed by atoms with van der Waals surface area (Å²) in [6, 6.07) is 13.7. The Morgan fingerprint density at radius 1 is 1.19 bits per heavy atom. The second-order valence-electron chi connectivity index (χ2n) is 4.52. The molecule has 6 heteroatoms. The van der Waals surface area contributed by atoms with Crippen LogP contribution in [0.25, 0.3) is 0 Å². The highest BCUT2D eigenvalue weighted by Gasteiger charge is 2.14. The van der Waals surface area contributed by atoms with Gasteiger partial charge in [0.05, 0.1) is 4.92 Å². The van der Waals surface area contributed by atoms with Crippen LogP contribution in [0.4, 0.5) is 11.4 Å². The van der Waals surface area contributed by atoms with Crippen LogP contribution in [0.2, 0.25) is 0 Å². The lowest BCUT2D eigenvalue weighted by atomic mass is 10.1. The predicted octanol–water partition coefficient (Wildman–Crippen LogP) is 2.15. The summed E-state index contributed by atoms with van der Waals surface area (Å²) in [7, 11) is 0. The highest BCUT2D eigenvalue weighted by molar-refractivity contribution is 5.95. The van der Waals surface area contributed by atoms with Crippen LogP contribution < -0.4 is 11.1 Å². The van der Waals surface area contributed by atoms with Gasteiger partial charge in [0, 0.05) is 18.2 Å². The molecule has 21 heavy (non-hydrogen) atoms. The van der Waals surface area contributed by atoms with Crippen LogP contribution in [0.1, 0.15) is 15.9 Å². The van der Waals surface area contributed by atoms with E-state index in [9.17, 15) is 14.9 Å². The second kappa shape index (κ2) is 6.51. The molecule has 0 saturated carbocycles. The molecular formula is C15H15N3O3. The maximum Gasteiger partial charge on any atom is 0.292 e. The Kier molecular flexibility index (Phi) is 4.50. The number of nitrogens with zero attached hydrogens (tertiary/aromatic N) is 1. The highest BCUT2D eigenvalue weighted by Crippen LogP contribution is 2.21. The Morgan fingerprint density at radius 2 is 1.90 bits per heavy atom. The monoisotopic (exact) mass is 285 g/mol. The first kappa shape index (κ1) is 14.5. The van der Waals surface area contributed by atoms with Gasteiger partial charge in [0.1, 0.15) is 5.69 Å². The number of carbonyl (C=O) groups is 1. The lowest BCUT2D eigenvalue weighted by Crippen LogP contribution is -2.25. The molecule has 6 nitrogen and oxygen atoms in total. The molecule has 0 fully saturated rings. The van der Waals surface area contributed by atoms with E-state index < -0.39 is 4.92 Å². The molecule has 0 heterocycles. The molecule has 2 aromatic rings. The first-order valence-corrected chi connectivity index (χ1v) is 6.44. The van der Waals surface area contributed by atoms with E-state index in [0.717, 1.165) is 12.0 Å². The van der Waals surface area contributed by atoms with Crippen molar-refractivity contribution in [2.45, 2.75) is 6.42 Å². The fraction of sp³-hybridized carbons (Fsp3) is 0.133. The number of hydrogen-bond donors (Lipinski definition) is 2. The Labute approximate surface area is 121 Å². The van der Waals surface area contributed by atoms with E-state index in [4.69, 9.17) is 5.73 Å². The van der Waals surface area contributed by atoms with Gasteiger partial charge in [0.2, 0.25) is 0 Å². The van der Waals surface area contributed by atoms with Crippen LogP contribution in [0, 0.1) is 10.1 Å². The minimum atomic E-state index is -0.577. The van der Waals surface area contributed by atoms with Gasteiger partial charge in [-0.05, 0) is 24.1 Å². The van der Waals surface area contributed by atoms with E-state index in [1.165, 1.54) is 18.2 Å². The van der Waals surface area contributed by atoms with E-state index in [1.807, 2.05) is 30.3 Å². The Hall–Kier alpha value is -2.89. The zero-order chi connectivity index (χ0) is 15.2. The number of benzene rings is 2. The van der Waals surface area contributed by atoms with E-state index in [2.05, 4.69) is 5.32 Å². The molecule has 0 spiro atoms. The van der Waals surface area contributed by atoms with Gasteiger partial charge >= 0.3 is 0 Å². The van der Waals surface area contributed by atoms with Crippen molar-refractivity contribution in [1.29, 1.82) is 0 Å². The highest BCUT2D eigenvalue weighted by atomic mass is 16.6. The van der Waals surface area contributed by atoms with Gasteiger partial charge < -0.3 is 11.1 Å². The van der Waals surface area contributed by atoms with Gasteiger partial charge in [-0.1, -0.05) is 30.3 Å². The smallest absolute Gasteiger partial charge is 0.292 e. The molecule has 108 valence electrons. The van der Waals surface area contributed by atoms with Gasteiger partial charge in [-0.2, -0.15) is 0 Å². The maximum atomic E-state index is 11.9. The maximum absolute atomic E-state index is 11.9. The lowest BCUT2D eigenvalue weighted by Gasteiger charge is -2.06. The molecule has 0 aliphatic heterocycles. The zero-order valence-corrected chi connectivity index (χ0v) is 11.3. The number of nitro groups is 1. The first-order chi connectivity index (χ1) is 10.1. The van der Waals surface area contributed by atoms with Crippen LogP contribution in [0.3, 0.4) is 0 Å². The van der Waals surface area contributed by atoms with Crippen LogP contribution in [-0.2, 0) is 6.42 Å². The van der Waals surface area contributed by atoms with Crippen molar-refractivity contribution >= 4 is 17.3 Å². The Morgan fingerprint density at radius 3 is 2.52 bits per heavy atom. The summed E-state index contributed by atoms with van der Waals surface area (Å²) in [5.74, 6) is -0.299. The average Bonchev–Trinajstić information content (AvgIpc) is 2.47. The van der Waals surface area contributed by atoms with Gasteiger partial charge in [-0.15, -0.1) is 0 Å². The SMILES string of the molecule is Nc1cc(C(=O)NCCc2ccccc2)ccc1[N+](=O)[O-]. The van der Waals surface area contributed by atoms with Gasteiger partial charge in [-0.3, -0.25) is 14.9 Å². The number of nitrogen functional groups attached to an aromatic ring is 1. The van der Waals surface area contributed by atoms with Gasteiger partial charge in [0.15, 0.2) is 0 Å². The van der Waals surface area contributed by atoms with Crippen molar-refractivity contribution < 1.29 is 9.72 Å². The second-order valence-corrected chi connectivity index (χ2v) is 4.52. The molecule has 0 saturated heterocycles. The molecule has 2 rings (SSSR count). The van der Waals surface area contributed by atoms with E-state index in [0.29, 0.717) is 12.1 Å². The summed E-state index contributed by atoms with van der Waals surface area (Å²) in [6.45, 7) is 0.486. The summed E-state index contributed by atoms with van der Waals surface area (Å²) in [5, 5.41) is 13.4. The van der Waals surface area contributed by atoms with E-state index in [1.54, 1.807) is 0 Å². The molecule has 2 aromatic carbocycles. The number of nitro benzene ring substituents is 1. The molecule has 0 radical (unpaired) electrons. The summed E-state index contributed by atoms with van der Waals surface area (Å²) >= 11 is 0. The average molecular weight is 285 g/mol. The van der Waals surface area contributed by atoms with Crippen LogP contribution in [-0.4, -0.2) is 17.4 Å². The molecule has 0 unspecified atom stereocenters. The number of rotatable bonds is 5. The zero-order valence-electron chi connectivity index (χ0n) is 11.3. The third-order valence-corrected chi connectivity index (χ3v) is 3.03. The quantitative estimate of drug-likeness (QED) is 0.499. The summed E-state index contributed by atoms with van der Waals surface area (Å²) in [5.41, 5.74) is 6.78.